The molecule has 1 fully saturated rings. The van der Waals surface area contributed by atoms with E-state index in [4.69, 9.17) is 4.74 Å². The van der Waals surface area contributed by atoms with Crippen molar-refractivity contribution >= 4 is 33.3 Å². The first-order chi connectivity index (χ1) is 14.1. The number of nitrogens with zero attached hydrogens (tertiary/aromatic N) is 3. The fourth-order valence-corrected chi connectivity index (χ4v) is 4.97. The Labute approximate surface area is 174 Å². The number of hydrogen-bond donors (Lipinski definition) is 1. The van der Waals surface area contributed by atoms with Gasteiger partial charge in [0.05, 0.1) is 17.4 Å². The number of ether oxygens (including phenoxy) is 1. The molecule has 6 nitrogen and oxygen atoms in total. The molecule has 0 saturated carbocycles. The van der Waals surface area contributed by atoms with Crippen LogP contribution in [0.5, 0.6) is 5.75 Å². The van der Waals surface area contributed by atoms with Crippen molar-refractivity contribution in [1.82, 2.24) is 14.9 Å². The molecule has 0 aliphatic carbocycles. The second-order valence-electron chi connectivity index (χ2n) is 7.66. The number of carbonyl (C=O) groups is 1. The van der Waals surface area contributed by atoms with Crippen LogP contribution < -0.4 is 10.1 Å². The number of piperidine rings is 1. The number of thiophene rings is 1. The van der Waals surface area contributed by atoms with Crippen molar-refractivity contribution in [2.75, 3.05) is 25.5 Å². The molecule has 1 aliphatic rings. The van der Waals surface area contributed by atoms with Gasteiger partial charge in [0.2, 0.25) is 0 Å². The molecule has 3 aromatic rings. The van der Waals surface area contributed by atoms with E-state index < -0.39 is 0 Å². The maximum atomic E-state index is 13.1. The second kappa shape index (κ2) is 8.37. The fraction of sp³-hybridized carbons (Fsp3) is 0.409. The molecular formula is C22H26N4O2S. The van der Waals surface area contributed by atoms with Gasteiger partial charge < -0.3 is 15.0 Å². The third kappa shape index (κ3) is 4.05. The van der Waals surface area contributed by atoms with Gasteiger partial charge in [0, 0.05) is 19.6 Å². The quantitative estimate of drug-likeness (QED) is 0.671. The van der Waals surface area contributed by atoms with Crippen LogP contribution in [0.2, 0.25) is 0 Å². The Morgan fingerprint density at radius 3 is 2.83 bits per heavy atom. The van der Waals surface area contributed by atoms with Gasteiger partial charge in [-0.2, -0.15) is 0 Å². The normalized spacial score (nSPS) is 16.8. The number of benzene rings is 1. The van der Waals surface area contributed by atoms with Crippen LogP contribution in [-0.2, 0) is 6.54 Å². The number of methoxy groups -OCH3 is 1. The molecule has 2 aromatic heterocycles. The lowest BCUT2D eigenvalue weighted by Crippen LogP contribution is -2.38. The lowest BCUT2D eigenvalue weighted by atomic mass is 10.00. The molecule has 1 unspecified atom stereocenters. The van der Waals surface area contributed by atoms with Crippen molar-refractivity contribution in [2.24, 2.45) is 5.92 Å². The van der Waals surface area contributed by atoms with Gasteiger partial charge in [0.25, 0.3) is 5.91 Å². The lowest BCUT2D eigenvalue weighted by Gasteiger charge is -2.30. The predicted octanol–water partition coefficient (Wildman–Crippen LogP) is 4.49. The summed E-state index contributed by atoms with van der Waals surface area (Å²) in [6, 6.07) is 7.94. The zero-order valence-electron chi connectivity index (χ0n) is 17.1. The highest BCUT2D eigenvalue weighted by Gasteiger charge is 2.26. The Bertz CT molecular complexity index is 1020. The number of likely N-dealkylation sites (tertiary alicyclic amines) is 1. The van der Waals surface area contributed by atoms with Gasteiger partial charge in [-0.3, -0.25) is 4.79 Å². The number of anilines is 1. The zero-order chi connectivity index (χ0) is 20.4. The molecule has 7 heteroatoms. The van der Waals surface area contributed by atoms with Crippen LogP contribution in [0.1, 0.15) is 40.6 Å². The number of hydrogen-bond acceptors (Lipinski definition) is 6. The van der Waals surface area contributed by atoms with Gasteiger partial charge in [0.1, 0.15) is 22.7 Å². The van der Waals surface area contributed by atoms with Gasteiger partial charge in [-0.1, -0.05) is 19.1 Å². The molecule has 152 valence electrons. The third-order valence-electron chi connectivity index (χ3n) is 5.48. The SMILES string of the molecule is COc1ccc(CNc2ncnc3sc(C(=O)N4CCCC(C)C4)c(C)c23)cc1. The van der Waals surface area contributed by atoms with Gasteiger partial charge in [0.15, 0.2) is 0 Å². The highest BCUT2D eigenvalue weighted by Crippen LogP contribution is 2.34. The van der Waals surface area contributed by atoms with E-state index in [2.05, 4.69) is 22.2 Å². The minimum atomic E-state index is 0.123. The summed E-state index contributed by atoms with van der Waals surface area (Å²) >= 11 is 1.47. The van der Waals surface area contributed by atoms with Crippen molar-refractivity contribution < 1.29 is 9.53 Å². The number of rotatable bonds is 5. The molecule has 1 atom stereocenters. The summed E-state index contributed by atoms with van der Waals surface area (Å²) in [6.07, 6.45) is 3.83. The monoisotopic (exact) mass is 410 g/mol. The Hall–Kier alpha value is -2.67. The first kappa shape index (κ1) is 19.6. The minimum Gasteiger partial charge on any atom is -0.497 e. The van der Waals surface area contributed by atoms with E-state index in [0.717, 1.165) is 57.3 Å². The molecule has 4 rings (SSSR count). The van der Waals surface area contributed by atoms with Crippen molar-refractivity contribution in [2.45, 2.75) is 33.2 Å². The maximum Gasteiger partial charge on any atom is 0.264 e. The van der Waals surface area contributed by atoms with E-state index in [1.807, 2.05) is 36.1 Å². The fourth-order valence-electron chi connectivity index (χ4n) is 3.86. The number of carbonyl (C=O) groups excluding carboxylic acids is 1. The highest BCUT2D eigenvalue weighted by molar-refractivity contribution is 7.20. The van der Waals surface area contributed by atoms with Crippen LogP contribution in [0.3, 0.4) is 0 Å². The van der Waals surface area contributed by atoms with E-state index in [1.54, 1.807) is 13.4 Å². The van der Waals surface area contributed by atoms with E-state index in [0.29, 0.717) is 12.5 Å². The van der Waals surface area contributed by atoms with Crippen LogP contribution in [0.25, 0.3) is 10.2 Å². The average Bonchev–Trinajstić information content (AvgIpc) is 3.09. The number of nitrogens with one attached hydrogen (secondary N) is 1. The molecule has 1 saturated heterocycles. The zero-order valence-corrected chi connectivity index (χ0v) is 17.9. The molecule has 1 N–H and O–H groups in total. The lowest BCUT2D eigenvalue weighted by molar-refractivity contribution is 0.0687. The largest absolute Gasteiger partial charge is 0.497 e. The Morgan fingerprint density at radius 2 is 2.10 bits per heavy atom. The van der Waals surface area contributed by atoms with E-state index >= 15 is 0 Å². The molecule has 29 heavy (non-hydrogen) atoms. The Kier molecular flexibility index (Phi) is 5.67. The van der Waals surface area contributed by atoms with Gasteiger partial charge >= 0.3 is 0 Å². The number of aryl methyl sites for hydroxylation is 1. The molecule has 1 amide bonds. The summed E-state index contributed by atoms with van der Waals surface area (Å²) in [5.74, 6) is 2.29. The van der Waals surface area contributed by atoms with Crippen molar-refractivity contribution in [3.8, 4) is 5.75 Å². The molecule has 3 heterocycles. The average molecular weight is 411 g/mol. The predicted molar refractivity (Wildman–Crippen MR) is 117 cm³/mol. The summed E-state index contributed by atoms with van der Waals surface area (Å²) in [4.78, 5) is 25.6. The molecule has 1 aromatic carbocycles. The highest BCUT2D eigenvalue weighted by atomic mass is 32.1. The van der Waals surface area contributed by atoms with Crippen LogP contribution in [-0.4, -0.2) is 41.0 Å². The Balaban J connectivity index is 1.58. The molecule has 0 bridgehead atoms. The summed E-state index contributed by atoms with van der Waals surface area (Å²) in [5, 5.41) is 4.35. The van der Waals surface area contributed by atoms with Gasteiger partial charge in [-0.15, -0.1) is 11.3 Å². The van der Waals surface area contributed by atoms with E-state index in [9.17, 15) is 4.79 Å². The molecule has 0 radical (unpaired) electrons. The van der Waals surface area contributed by atoms with Gasteiger partial charge in [-0.05, 0) is 48.9 Å². The first-order valence-corrected chi connectivity index (χ1v) is 10.8. The second-order valence-corrected chi connectivity index (χ2v) is 8.66. The molecular weight excluding hydrogens is 384 g/mol. The molecule has 0 spiro atoms. The number of aromatic nitrogens is 2. The molecule has 1 aliphatic heterocycles. The summed E-state index contributed by atoms with van der Waals surface area (Å²) in [5.41, 5.74) is 2.09. The van der Waals surface area contributed by atoms with Crippen molar-refractivity contribution in [3.05, 3.63) is 46.6 Å². The summed E-state index contributed by atoms with van der Waals surface area (Å²) < 4.78 is 5.21. The smallest absolute Gasteiger partial charge is 0.264 e. The maximum absolute atomic E-state index is 13.1. The number of fused-ring (bicyclic) bond motifs is 1. The van der Waals surface area contributed by atoms with Crippen molar-refractivity contribution in [1.29, 1.82) is 0 Å². The topological polar surface area (TPSA) is 67.3 Å². The van der Waals surface area contributed by atoms with Crippen molar-refractivity contribution in [3.63, 3.8) is 0 Å². The minimum absolute atomic E-state index is 0.123. The van der Waals surface area contributed by atoms with Crippen LogP contribution in [0.15, 0.2) is 30.6 Å². The van der Waals surface area contributed by atoms with Crippen LogP contribution in [0, 0.1) is 12.8 Å². The van der Waals surface area contributed by atoms with E-state index in [-0.39, 0.29) is 5.91 Å². The van der Waals surface area contributed by atoms with E-state index in [1.165, 1.54) is 17.8 Å². The summed E-state index contributed by atoms with van der Waals surface area (Å²) in [7, 11) is 1.66. The standard InChI is InChI=1S/C22H26N4O2S/c1-14-5-4-10-26(12-14)22(27)19-15(2)18-20(24-13-25-21(18)29-19)23-11-16-6-8-17(28-3)9-7-16/h6-9,13-14H,4-5,10-12H2,1-3H3,(H,23,24,25). The van der Waals surface area contributed by atoms with Crippen LogP contribution >= 0.6 is 11.3 Å². The third-order valence-corrected chi connectivity index (χ3v) is 6.67. The summed E-state index contributed by atoms with van der Waals surface area (Å²) in [6.45, 7) is 6.52. The van der Waals surface area contributed by atoms with Crippen LogP contribution in [0.4, 0.5) is 5.82 Å². The Morgan fingerprint density at radius 1 is 1.31 bits per heavy atom. The van der Waals surface area contributed by atoms with Gasteiger partial charge in [-0.25, -0.2) is 9.97 Å². The first-order valence-electron chi connectivity index (χ1n) is 9.97. The number of amides is 1.